The zero-order chi connectivity index (χ0) is 67.8. The lowest BCUT2D eigenvalue weighted by atomic mass is 9.99. The summed E-state index contributed by atoms with van der Waals surface area (Å²) in [6.45, 7) is 3.84. The third kappa shape index (κ3) is 61.7. The van der Waals surface area contributed by atoms with Crippen molar-refractivity contribution in [3.63, 3.8) is 0 Å². The second kappa shape index (κ2) is 74.4. The molecule has 558 valence electrons. The van der Waals surface area contributed by atoms with Crippen LogP contribution >= 0.6 is 0 Å². The average molecular weight is 1330 g/mol. The smallest absolute Gasteiger partial charge is 0.220 e. The second-order valence-electron chi connectivity index (χ2n) is 30.0. The van der Waals surface area contributed by atoms with E-state index in [1.54, 1.807) is 6.08 Å². The predicted octanol–water partition coefficient (Wildman–Crippen LogP) is 24.7. The van der Waals surface area contributed by atoms with Gasteiger partial charge in [-0.2, -0.15) is 0 Å². The van der Waals surface area contributed by atoms with Gasteiger partial charge in [0.25, 0.3) is 0 Å². The Kier molecular flexibility index (Phi) is 71.7. The van der Waals surface area contributed by atoms with E-state index in [4.69, 9.17) is 9.47 Å². The number of nitrogens with one attached hydrogen (secondary N) is 1. The summed E-state index contributed by atoms with van der Waals surface area (Å²) in [5.41, 5.74) is 0. The van der Waals surface area contributed by atoms with Crippen LogP contribution in [0.25, 0.3) is 0 Å². The molecule has 9 nitrogen and oxygen atoms in total. The Morgan fingerprint density at radius 1 is 0.351 bits per heavy atom. The quantitative estimate of drug-likeness (QED) is 0.0261. The molecular weight excluding hydrogens is 1160 g/mol. The first-order valence-electron chi connectivity index (χ1n) is 42.6. The zero-order valence-corrected chi connectivity index (χ0v) is 63.0. The minimum absolute atomic E-state index is 0.176. The largest absolute Gasteiger partial charge is 0.394 e. The van der Waals surface area contributed by atoms with E-state index in [1.807, 2.05) is 6.08 Å². The van der Waals surface area contributed by atoms with E-state index in [9.17, 15) is 30.3 Å². The van der Waals surface area contributed by atoms with Crippen molar-refractivity contribution in [2.24, 2.45) is 0 Å². The summed E-state index contributed by atoms with van der Waals surface area (Å²) in [4.78, 5) is 13.2. The molecule has 7 unspecified atom stereocenters. The molecule has 0 aromatic carbocycles. The van der Waals surface area contributed by atoms with Gasteiger partial charge in [-0.15, -0.1) is 0 Å². The minimum Gasteiger partial charge on any atom is -0.394 e. The molecule has 0 saturated carbocycles. The Balaban J connectivity index is 2.04. The molecule has 1 rings (SSSR count). The van der Waals surface area contributed by atoms with E-state index in [0.717, 1.165) is 38.5 Å². The number of aliphatic hydroxyl groups is 5. The van der Waals surface area contributed by atoms with Gasteiger partial charge in [0.15, 0.2) is 6.29 Å². The molecule has 6 N–H and O–H groups in total. The molecule has 1 amide bonds. The molecule has 94 heavy (non-hydrogen) atoms. The fraction of sp³-hybridized carbons (Fsp3) is 0.941. The zero-order valence-electron chi connectivity index (χ0n) is 63.0. The Morgan fingerprint density at radius 2 is 0.606 bits per heavy atom. The van der Waals surface area contributed by atoms with Crippen LogP contribution in [0.2, 0.25) is 0 Å². The Labute approximate surface area is 585 Å². The van der Waals surface area contributed by atoms with Gasteiger partial charge in [0.1, 0.15) is 24.4 Å². The van der Waals surface area contributed by atoms with Gasteiger partial charge in [-0.05, 0) is 32.1 Å². The first-order chi connectivity index (χ1) is 46.3. The highest BCUT2D eigenvalue weighted by molar-refractivity contribution is 5.76. The van der Waals surface area contributed by atoms with Gasteiger partial charge in [-0.25, -0.2) is 0 Å². The van der Waals surface area contributed by atoms with Gasteiger partial charge >= 0.3 is 0 Å². The summed E-state index contributed by atoms with van der Waals surface area (Å²) < 4.78 is 11.3. The molecule has 0 aliphatic carbocycles. The summed E-state index contributed by atoms with van der Waals surface area (Å²) in [6, 6.07) is -0.822. The third-order valence-electron chi connectivity index (χ3n) is 20.8. The van der Waals surface area contributed by atoms with Gasteiger partial charge in [0, 0.05) is 6.42 Å². The topological polar surface area (TPSA) is 149 Å². The van der Waals surface area contributed by atoms with Crippen molar-refractivity contribution in [2.45, 2.75) is 500 Å². The van der Waals surface area contributed by atoms with Crippen LogP contribution < -0.4 is 5.32 Å². The molecule has 1 aliphatic rings. The van der Waals surface area contributed by atoms with Crippen molar-refractivity contribution in [1.82, 2.24) is 5.32 Å². The minimum atomic E-state index is -1.57. The number of ether oxygens (including phenoxy) is 2. The number of aliphatic hydroxyl groups excluding tert-OH is 5. The van der Waals surface area contributed by atoms with Crippen molar-refractivity contribution in [3.8, 4) is 0 Å². The number of amides is 1. The summed E-state index contributed by atoms with van der Waals surface area (Å²) in [5.74, 6) is -0.176. The highest BCUT2D eigenvalue weighted by atomic mass is 16.7. The van der Waals surface area contributed by atoms with E-state index < -0.39 is 49.5 Å². The van der Waals surface area contributed by atoms with E-state index in [1.165, 1.54) is 398 Å². The number of hydrogen-bond acceptors (Lipinski definition) is 8. The molecule has 1 fully saturated rings. The number of hydrogen-bond donors (Lipinski definition) is 6. The Bertz CT molecular complexity index is 1540. The SMILES string of the molecule is CCCCCCCCCCCCCCCCCCCCCCCCCCCCC/C=C/CC/C=C/C(O)C(COC1OC(CO)C(O)C(O)C1O)NC(=O)CCCCCCCCCCCCCCCCCCCCCCCCCCCCCCCCCCCCCCCC. The maximum atomic E-state index is 13.2. The highest BCUT2D eigenvalue weighted by Gasteiger charge is 2.44. The molecule has 9 heteroatoms. The van der Waals surface area contributed by atoms with Gasteiger partial charge in [-0.3, -0.25) is 4.79 Å². The molecule has 1 saturated heterocycles. The molecule has 1 heterocycles. The summed E-state index contributed by atoms with van der Waals surface area (Å²) >= 11 is 0. The van der Waals surface area contributed by atoms with Crippen LogP contribution in [0.4, 0.5) is 0 Å². The Hall–Kier alpha value is -1.33. The number of allylic oxidation sites excluding steroid dienone is 3. The standard InChI is InChI=1S/C85H165NO8/c1-3-5-7-9-11-13-15-17-19-21-23-25-27-29-31-33-35-37-38-39-40-41-43-45-47-49-51-53-55-57-59-61-63-65-67-69-71-73-75-81(89)86-78(77-93-85-84(92)83(91)82(90)80(76-87)94-85)79(88)74-72-70-68-66-64-62-60-58-56-54-52-50-48-46-44-42-36-34-32-30-28-26-24-22-20-18-16-14-12-10-8-6-4-2/h64,66,72,74,78-80,82-85,87-88,90-92H,3-63,65,67-71,73,75-77H2,1-2H3,(H,86,89)/b66-64+,74-72+. The summed E-state index contributed by atoms with van der Waals surface area (Å²) in [7, 11) is 0. The van der Waals surface area contributed by atoms with Crippen molar-refractivity contribution < 1.29 is 39.8 Å². The van der Waals surface area contributed by atoms with Gasteiger partial charge in [0.05, 0.1) is 25.4 Å². The van der Waals surface area contributed by atoms with Crippen LogP contribution in [0.1, 0.15) is 457 Å². The van der Waals surface area contributed by atoms with Crippen molar-refractivity contribution >= 4 is 5.91 Å². The van der Waals surface area contributed by atoms with Crippen LogP contribution in [0.15, 0.2) is 24.3 Å². The van der Waals surface area contributed by atoms with Crippen LogP contribution in [0, 0.1) is 0 Å². The monoisotopic (exact) mass is 1330 g/mol. The fourth-order valence-electron chi connectivity index (χ4n) is 14.2. The van der Waals surface area contributed by atoms with Crippen molar-refractivity contribution in [1.29, 1.82) is 0 Å². The molecule has 1 aliphatic heterocycles. The second-order valence-corrected chi connectivity index (χ2v) is 30.0. The molecular formula is C85H165NO8. The molecule has 0 bridgehead atoms. The number of unbranched alkanes of at least 4 members (excludes halogenated alkanes) is 65. The van der Waals surface area contributed by atoms with Gasteiger partial charge in [-0.1, -0.05) is 443 Å². The molecule has 0 radical (unpaired) electrons. The predicted molar refractivity (Wildman–Crippen MR) is 406 cm³/mol. The van der Waals surface area contributed by atoms with E-state index >= 15 is 0 Å². The molecule has 0 aromatic rings. The van der Waals surface area contributed by atoms with Crippen LogP contribution in [-0.4, -0.2) is 87.5 Å². The van der Waals surface area contributed by atoms with Gasteiger partial charge in [0.2, 0.25) is 5.91 Å². The fourth-order valence-corrected chi connectivity index (χ4v) is 14.2. The van der Waals surface area contributed by atoms with Crippen LogP contribution in [0.3, 0.4) is 0 Å². The number of rotatable bonds is 77. The normalized spacial score (nSPS) is 17.5. The van der Waals surface area contributed by atoms with Crippen LogP contribution in [0.5, 0.6) is 0 Å². The maximum absolute atomic E-state index is 13.2. The number of carbonyl (C=O) groups is 1. The number of carbonyl (C=O) groups excluding carboxylic acids is 1. The lowest BCUT2D eigenvalue weighted by Crippen LogP contribution is -2.60. The first kappa shape index (κ1) is 90.7. The van der Waals surface area contributed by atoms with E-state index in [-0.39, 0.29) is 12.5 Å². The van der Waals surface area contributed by atoms with E-state index in [2.05, 4.69) is 31.3 Å². The lowest BCUT2D eigenvalue weighted by molar-refractivity contribution is -0.302. The van der Waals surface area contributed by atoms with Gasteiger partial charge < -0.3 is 40.3 Å². The molecule has 0 spiro atoms. The van der Waals surface area contributed by atoms with Crippen molar-refractivity contribution in [2.75, 3.05) is 13.2 Å². The Morgan fingerprint density at radius 3 is 0.894 bits per heavy atom. The third-order valence-corrected chi connectivity index (χ3v) is 20.8. The lowest BCUT2D eigenvalue weighted by Gasteiger charge is -2.40. The summed E-state index contributed by atoms with van der Waals surface area (Å²) in [5, 5.41) is 54.9. The molecule has 7 atom stereocenters. The van der Waals surface area contributed by atoms with Crippen LogP contribution in [-0.2, 0) is 14.3 Å². The summed E-state index contributed by atoms with van der Waals surface area (Å²) in [6.07, 6.45) is 93.7. The van der Waals surface area contributed by atoms with Crippen molar-refractivity contribution in [3.05, 3.63) is 24.3 Å². The van der Waals surface area contributed by atoms with E-state index in [0.29, 0.717) is 6.42 Å². The highest BCUT2D eigenvalue weighted by Crippen LogP contribution is 2.24. The molecule has 0 aromatic heterocycles. The average Bonchev–Trinajstić information content (AvgIpc) is 0.833. The maximum Gasteiger partial charge on any atom is 0.220 e. The first-order valence-corrected chi connectivity index (χ1v) is 42.6.